The molecule has 2 rings (SSSR count). The van der Waals surface area contributed by atoms with Gasteiger partial charge in [-0.1, -0.05) is 6.07 Å². The molecule has 1 heterocycles. The van der Waals surface area contributed by atoms with Gasteiger partial charge in [0.05, 0.1) is 16.2 Å². The highest BCUT2D eigenvalue weighted by atomic mass is 127. The second-order valence-electron chi connectivity index (χ2n) is 3.25. The van der Waals surface area contributed by atoms with Crippen molar-refractivity contribution in [1.29, 1.82) is 0 Å². The number of hydrogen-bond donors (Lipinski definition) is 1. The number of carbonyl (C=O) groups excluding carboxylic acids is 1. The van der Waals surface area contributed by atoms with Gasteiger partial charge in [0.25, 0.3) is 0 Å². The van der Waals surface area contributed by atoms with Crippen LogP contribution in [0.1, 0.15) is 10.4 Å². The fourth-order valence-electron chi connectivity index (χ4n) is 1.45. The van der Waals surface area contributed by atoms with Gasteiger partial charge in [0.2, 0.25) is 0 Å². The summed E-state index contributed by atoms with van der Waals surface area (Å²) in [4.78, 5) is 15.4. The first-order chi connectivity index (χ1) is 7.63. The maximum absolute atomic E-state index is 11.3. The Morgan fingerprint density at radius 3 is 2.94 bits per heavy atom. The molecule has 0 bridgehead atoms. The van der Waals surface area contributed by atoms with Crippen LogP contribution in [-0.2, 0) is 4.74 Å². The first-order valence-corrected chi connectivity index (χ1v) is 5.63. The van der Waals surface area contributed by atoms with Crippen molar-refractivity contribution in [3.05, 3.63) is 33.5 Å². The number of halogens is 1. The molecule has 4 nitrogen and oxygen atoms in total. The van der Waals surface area contributed by atoms with Crippen molar-refractivity contribution in [1.82, 2.24) is 4.98 Å². The quantitative estimate of drug-likeness (QED) is 0.644. The molecule has 0 radical (unpaired) electrons. The molecule has 0 fully saturated rings. The van der Waals surface area contributed by atoms with E-state index in [4.69, 9.17) is 5.73 Å². The molecule has 1 aromatic carbocycles. The number of nitrogen functional groups attached to an aromatic ring is 1. The number of benzene rings is 1. The van der Waals surface area contributed by atoms with E-state index in [0.29, 0.717) is 11.4 Å². The van der Waals surface area contributed by atoms with Crippen LogP contribution < -0.4 is 5.73 Å². The standard InChI is InChI=1S/C11H9IN2O2/c1-16-11(15)6-2-3-8-7(4-6)5-14-10(13)9(8)12/h2-5H,1H3,(H2,13,14). The van der Waals surface area contributed by atoms with E-state index in [1.54, 1.807) is 18.3 Å². The molecular weight excluding hydrogens is 319 g/mol. The molecular formula is C11H9IN2O2. The lowest BCUT2D eigenvalue weighted by Crippen LogP contribution is -2.01. The van der Waals surface area contributed by atoms with Crippen molar-refractivity contribution in [2.75, 3.05) is 12.8 Å². The van der Waals surface area contributed by atoms with E-state index in [-0.39, 0.29) is 5.97 Å². The van der Waals surface area contributed by atoms with E-state index in [9.17, 15) is 4.79 Å². The zero-order chi connectivity index (χ0) is 11.7. The summed E-state index contributed by atoms with van der Waals surface area (Å²) in [6, 6.07) is 5.31. The number of ether oxygens (including phenoxy) is 1. The highest BCUT2D eigenvalue weighted by Crippen LogP contribution is 2.24. The normalized spacial score (nSPS) is 10.4. The maximum atomic E-state index is 11.3. The molecule has 82 valence electrons. The molecule has 0 atom stereocenters. The van der Waals surface area contributed by atoms with Crippen LogP contribution in [0.4, 0.5) is 5.82 Å². The minimum absolute atomic E-state index is 0.353. The molecule has 16 heavy (non-hydrogen) atoms. The molecule has 0 aliphatic heterocycles. The summed E-state index contributed by atoms with van der Waals surface area (Å²) >= 11 is 2.14. The van der Waals surface area contributed by atoms with Gasteiger partial charge in [-0.2, -0.15) is 0 Å². The number of fused-ring (bicyclic) bond motifs is 1. The van der Waals surface area contributed by atoms with Gasteiger partial charge in [-0.3, -0.25) is 0 Å². The van der Waals surface area contributed by atoms with Crippen molar-refractivity contribution in [2.24, 2.45) is 0 Å². The largest absolute Gasteiger partial charge is 0.465 e. The van der Waals surface area contributed by atoms with Crippen molar-refractivity contribution >= 4 is 45.2 Å². The van der Waals surface area contributed by atoms with Gasteiger partial charge in [0, 0.05) is 17.0 Å². The Balaban J connectivity index is 2.65. The van der Waals surface area contributed by atoms with Crippen LogP contribution in [0.3, 0.4) is 0 Å². The first-order valence-electron chi connectivity index (χ1n) is 4.55. The number of methoxy groups -OCH3 is 1. The zero-order valence-corrected chi connectivity index (χ0v) is 10.7. The molecule has 0 unspecified atom stereocenters. The number of carbonyl (C=O) groups is 1. The number of rotatable bonds is 1. The lowest BCUT2D eigenvalue weighted by atomic mass is 10.1. The summed E-state index contributed by atoms with van der Waals surface area (Å²) in [5.74, 6) is 0.146. The number of nitrogens with zero attached hydrogens (tertiary/aromatic N) is 1. The molecule has 0 saturated heterocycles. The molecule has 0 amide bonds. The van der Waals surface area contributed by atoms with Gasteiger partial charge in [0.15, 0.2) is 0 Å². The van der Waals surface area contributed by atoms with Gasteiger partial charge in [-0.05, 0) is 34.7 Å². The van der Waals surface area contributed by atoms with E-state index in [1.165, 1.54) is 7.11 Å². The zero-order valence-electron chi connectivity index (χ0n) is 8.53. The Labute approximate surface area is 106 Å². The maximum Gasteiger partial charge on any atom is 0.337 e. The number of hydrogen-bond acceptors (Lipinski definition) is 4. The van der Waals surface area contributed by atoms with Crippen LogP contribution in [0.5, 0.6) is 0 Å². The lowest BCUT2D eigenvalue weighted by molar-refractivity contribution is 0.0601. The summed E-state index contributed by atoms with van der Waals surface area (Å²) in [6.45, 7) is 0. The van der Waals surface area contributed by atoms with Crippen LogP contribution in [0.25, 0.3) is 10.8 Å². The summed E-state index contributed by atoms with van der Waals surface area (Å²) in [6.07, 6.45) is 1.65. The Kier molecular flexibility index (Phi) is 2.95. The third-order valence-electron chi connectivity index (χ3n) is 2.28. The fraction of sp³-hybridized carbons (Fsp3) is 0.0909. The van der Waals surface area contributed by atoms with Gasteiger partial charge < -0.3 is 10.5 Å². The Morgan fingerprint density at radius 1 is 1.50 bits per heavy atom. The lowest BCUT2D eigenvalue weighted by Gasteiger charge is -2.05. The minimum Gasteiger partial charge on any atom is -0.465 e. The van der Waals surface area contributed by atoms with Crippen molar-refractivity contribution < 1.29 is 9.53 Å². The topological polar surface area (TPSA) is 65.2 Å². The average molecular weight is 328 g/mol. The minimum atomic E-state index is -0.353. The van der Waals surface area contributed by atoms with Crippen LogP contribution in [-0.4, -0.2) is 18.1 Å². The average Bonchev–Trinajstić information content (AvgIpc) is 2.32. The second-order valence-corrected chi connectivity index (χ2v) is 4.33. The molecule has 5 heteroatoms. The van der Waals surface area contributed by atoms with Gasteiger partial charge in [-0.25, -0.2) is 9.78 Å². The highest BCUT2D eigenvalue weighted by molar-refractivity contribution is 14.1. The summed E-state index contributed by atoms with van der Waals surface area (Å²) in [5, 5.41) is 1.86. The molecule has 0 aliphatic carbocycles. The third-order valence-corrected chi connectivity index (χ3v) is 3.41. The van der Waals surface area contributed by atoms with Crippen LogP contribution in [0.15, 0.2) is 24.4 Å². The number of nitrogens with two attached hydrogens (primary N) is 1. The summed E-state index contributed by atoms with van der Waals surface area (Å²) in [7, 11) is 1.36. The van der Waals surface area contributed by atoms with E-state index in [2.05, 4.69) is 32.3 Å². The van der Waals surface area contributed by atoms with Gasteiger partial charge in [-0.15, -0.1) is 0 Å². The molecule has 1 aromatic heterocycles. The van der Waals surface area contributed by atoms with Crippen molar-refractivity contribution in [3.8, 4) is 0 Å². The van der Waals surface area contributed by atoms with E-state index < -0.39 is 0 Å². The fourth-order valence-corrected chi connectivity index (χ4v) is 2.08. The first kappa shape index (κ1) is 11.1. The molecule has 0 saturated carbocycles. The van der Waals surface area contributed by atoms with Gasteiger partial charge in [0.1, 0.15) is 5.82 Å². The molecule has 0 aliphatic rings. The van der Waals surface area contributed by atoms with Gasteiger partial charge >= 0.3 is 5.97 Å². The molecule has 2 N–H and O–H groups in total. The Morgan fingerprint density at radius 2 is 2.25 bits per heavy atom. The van der Waals surface area contributed by atoms with E-state index in [0.717, 1.165) is 14.3 Å². The van der Waals surface area contributed by atoms with Crippen molar-refractivity contribution in [2.45, 2.75) is 0 Å². The Bertz CT molecular complexity index is 569. The smallest absolute Gasteiger partial charge is 0.337 e. The van der Waals surface area contributed by atoms with E-state index >= 15 is 0 Å². The van der Waals surface area contributed by atoms with E-state index in [1.807, 2.05) is 6.07 Å². The number of pyridine rings is 1. The Hall–Kier alpha value is -1.37. The summed E-state index contributed by atoms with van der Waals surface area (Å²) in [5.41, 5.74) is 6.21. The predicted molar refractivity (Wildman–Crippen MR) is 70.2 cm³/mol. The predicted octanol–water partition coefficient (Wildman–Crippen LogP) is 2.21. The molecule has 2 aromatic rings. The number of anilines is 1. The second kappa shape index (κ2) is 4.25. The monoisotopic (exact) mass is 328 g/mol. The van der Waals surface area contributed by atoms with Crippen LogP contribution >= 0.6 is 22.6 Å². The van der Waals surface area contributed by atoms with Crippen LogP contribution in [0, 0.1) is 3.57 Å². The molecule has 0 spiro atoms. The summed E-state index contributed by atoms with van der Waals surface area (Å²) < 4.78 is 5.55. The SMILES string of the molecule is COC(=O)c1ccc2c(I)c(N)ncc2c1. The number of aromatic nitrogens is 1. The van der Waals surface area contributed by atoms with Crippen LogP contribution in [0.2, 0.25) is 0 Å². The van der Waals surface area contributed by atoms with Crippen molar-refractivity contribution in [3.63, 3.8) is 0 Å². The third kappa shape index (κ3) is 1.82. The number of esters is 1. The highest BCUT2D eigenvalue weighted by Gasteiger charge is 2.08.